The van der Waals surface area contributed by atoms with Gasteiger partial charge in [-0.15, -0.1) is 5.10 Å². The third kappa shape index (κ3) is 3.84. The Labute approximate surface area is 147 Å². The molecule has 25 heavy (non-hydrogen) atoms. The second kappa shape index (κ2) is 6.75. The smallest absolute Gasteiger partial charge is 0.254 e. The molecule has 1 aliphatic rings. The lowest BCUT2D eigenvalue weighted by molar-refractivity contribution is 0.0710. The topological polar surface area (TPSA) is 80.2 Å². The van der Waals surface area contributed by atoms with Crippen molar-refractivity contribution in [3.8, 4) is 0 Å². The number of nitrogens with zero attached hydrogens (tertiary/aromatic N) is 3. The SMILES string of the molecule is CS(=O)(=O)c1snnc1C1CCN(C(=O)c2cc(F)cc(F)c2)CC1. The second-order valence-corrected chi connectivity index (χ2v) is 8.91. The fourth-order valence-corrected chi connectivity index (χ4v) is 4.64. The maximum absolute atomic E-state index is 13.3. The summed E-state index contributed by atoms with van der Waals surface area (Å²) >= 11 is 0.844. The first-order valence-electron chi connectivity index (χ1n) is 7.53. The lowest BCUT2D eigenvalue weighted by atomic mass is 9.94. The van der Waals surface area contributed by atoms with E-state index in [0.29, 0.717) is 37.7 Å². The number of carbonyl (C=O) groups excluding carboxylic acids is 1. The zero-order valence-electron chi connectivity index (χ0n) is 13.3. The lowest BCUT2D eigenvalue weighted by Crippen LogP contribution is -2.38. The van der Waals surface area contributed by atoms with E-state index < -0.39 is 27.4 Å². The number of carbonyl (C=O) groups is 1. The van der Waals surface area contributed by atoms with Crippen LogP contribution in [-0.4, -0.2) is 48.2 Å². The van der Waals surface area contributed by atoms with Gasteiger partial charge in [-0.2, -0.15) is 0 Å². The van der Waals surface area contributed by atoms with Gasteiger partial charge < -0.3 is 4.90 Å². The Morgan fingerprint density at radius 1 is 1.20 bits per heavy atom. The molecule has 0 atom stereocenters. The van der Waals surface area contributed by atoms with E-state index in [0.717, 1.165) is 29.9 Å². The molecule has 1 aromatic carbocycles. The summed E-state index contributed by atoms with van der Waals surface area (Å²) < 4.78 is 54.0. The van der Waals surface area contributed by atoms with E-state index in [-0.39, 0.29) is 15.7 Å². The summed E-state index contributed by atoms with van der Waals surface area (Å²) in [6.45, 7) is 0.699. The Hall–Kier alpha value is -1.94. The standard InChI is InChI=1S/C15H15F2N3O3S2/c1-25(22,23)15-13(18-19-24-15)9-2-4-20(5-3-9)14(21)10-6-11(16)8-12(17)7-10/h6-9H,2-5H2,1H3. The molecule has 134 valence electrons. The van der Waals surface area contributed by atoms with Crippen LogP contribution in [0.2, 0.25) is 0 Å². The van der Waals surface area contributed by atoms with E-state index in [1.54, 1.807) is 0 Å². The van der Waals surface area contributed by atoms with Gasteiger partial charge in [0.1, 0.15) is 11.6 Å². The van der Waals surface area contributed by atoms with Crippen molar-refractivity contribution < 1.29 is 22.0 Å². The third-order valence-electron chi connectivity index (χ3n) is 4.10. The Bertz CT molecular complexity index is 886. The van der Waals surface area contributed by atoms with E-state index in [1.165, 1.54) is 4.90 Å². The van der Waals surface area contributed by atoms with Gasteiger partial charge in [-0.1, -0.05) is 4.49 Å². The van der Waals surface area contributed by atoms with Crippen molar-refractivity contribution in [2.45, 2.75) is 23.0 Å². The van der Waals surface area contributed by atoms with Crippen molar-refractivity contribution in [3.05, 3.63) is 41.1 Å². The molecule has 0 unspecified atom stereocenters. The van der Waals surface area contributed by atoms with E-state index >= 15 is 0 Å². The van der Waals surface area contributed by atoms with Crippen LogP contribution in [0.3, 0.4) is 0 Å². The van der Waals surface area contributed by atoms with Gasteiger partial charge in [0.15, 0.2) is 14.0 Å². The molecule has 10 heteroatoms. The quantitative estimate of drug-likeness (QED) is 0.807. The molecule has 2 heterocycles. The molecule has 6 nitrogen and oxygen atoms in total. The minimum Gasteiger partial charge on any atom is -0.339 e. The largest absolute Gasteiger partial charge is 0.339 e. The summed E-state index contributed by atoms with van der Waals surface area (Å²) in [5, 5.41) is 3.94. The first kappa shape index (κ1) is 17.9. The molecular formula is C15H15F2N3O3S2. The Kier molecular flexibility index (Phi) is 4.83. The maximum Gasteiger partial charge on any atom is 0.254 e. The molecule has 1 fully saturated rings. The Balaban J connectivity index is 1.72. The number of hydrogen-bond donors (Lipinski definition) is 0. The van der Waals surface area contributed by atoms with E-state index in [9.17, 15) is 22.0 Å². The number of benzene rings is 1. The molecule has 2 aromatic rings. The highest BCUT2D eigenvalue weighted by Gasteiger charge is 2.30. The highest BCUT2D eigenvalue weighted by Crippen LogP contribution is 2.33. The summed E-state index contributed by atoms with van der Waals surface area (Å²) in [6, 6.07) is 2.72. The minimum atomic E-state index is -3.39. The summed E-state index contributed by atoms with van der Waals surface area (Å²) in [6.07, 6.45) is 2.14. The summed E-state index contributed by atoms with van der Waals surface area (Å²) in [5.74, 6) is -2.16. The van der Waals surface area contributed by atoms with Gasteiger partial charge >= 0.3 is 0 Å². The first-order chi connectivity index (χ1) is 11.8. The van der Waals surface area contributed by atoms with Crippen molar-refractivity contribution >= 4 is 27.3 Å². The summed E-state index contributed by atoms with van der Waals surface area (Å²) in [4.78, 5) is 13.9. The minimum absolute atomic E-state index is 0.0388. The average Bonchev–Trinajstić information content (AvgIpc) is 3.03. The number of piperidine rings is 1. The average molecular weight is 387 g/mol. The van der Waals surface area contributed by atoms with Gasteiger partial charge in [-0.3, -0.25) is 4.79 Å². The normalized spacial score (nSPS) is 16.2. The fourth-order valence-electron chi connectivity index (χ4n) is 2.91. The molecule has 1 aliphatic heterocycles. The number of halogens is 2. The van der Waals surface area contributed by atoms with Crippen LogP contribution in [0.15, 0.2) is 22.4 Å². The second-order valence-electron chi connectivity index (χ2n) is 5.94. The predicted octanol–water partition coefficient (Wildman–Crippen LogP) is 2.24. The van der Waals surface area contributed by atoms with Gasteiger partial charge in [-0.05, 0) is 25.0 Å². The van der Waals surface area contributed by atoms with Gasteiger partial charge in [-0.25, -0.2) is 17.2 Å². The zero-order valence-corrected chi connectivity index (χ0v) is 14.9. The fraction of sp³-hybridized carbons (Fsp3) is 0.400. The summed E-state index contributed by atoms with van der Waals surface area (Å²) in [7, 11) is -3.39. The highest BCUT2D eigenvalue weighted by molar-refractivity contribution is 7.92. The van der Waals surface area contributed by atoms with E-state index in [4.69, 9.17) is 0 Å². The predicted molar refractivity (Wildman–Crippen MR) is 87.3 cm³/mol. The van der Waals surface area contributed by atoms with Crippen LogP contribution in [0, 0.1) is 11.6 Å². The lowest BCUT2D eigenvalue weighted by Gasteiger charge is -2.31. The van der Waals surface area contributed by atoms with E-state index in [1.807, 2.05) is 0 Å². The van der Waals surface area contributed by atoms with Crippen molar-refractivity contribution in [3.63, 3.8) is 0 Å². The molecule has 0 aliphatic carbocycles. The molecule has 1 aromatic heterocycles. The van der Waals surface area contributed by atoms with Gasteiger partial charge in [0.25, 0.3) is 5.91 Å². The number of aromatic nitrogens is 2. The highest BCUT2D eigenvalue weighted by atomic mass is 32.2. The van der Waals surface area contributed by atoms with Crippen LogP contribution in [-0.2, 0) is 9.84 Å². The zero-order chi connectivity index (χ0) is 18.2. The van der Waals surface area contributed by atoms with Crippen molar-refractivity contribution in [1.29, 1.82) is 0 Å². The van der Waals surface area contributed by atoms with Gasteiger partial charge in [0, 0.05) is 48.4 Å². The Morgan fingerprint density at radius 2 is 1.80 bits per heavy atom. The number of sulfone groups is 1. The number of rotatable bonds is 3. The molecule has 1 amide bonds. The molecule has 0 radical (unpaired) electrons. The van der Waals surface area contributed by atoms with Crippen LogP contribution in [0.4, 0.5) is 8.78 Å². The number of hydrogen-bond acceptors (Lipinski definition) is 6. The molecular weight excluding hydrogens is 372 g/mol. The van der Waals surface area contributed by atoms with Crippen LogP contribution in [0.25, 0.3) is 0 Å². The maximum atomic E-state index is 13.3. The monoisotopic (exact) mass is 387 g/mol. The Morgan fingerprint density at radius 3 is 2.36 bits per heavy atom. The molecule has 0 N–H and O–H groups in total. The van der Waals surface area contributed by atoms with Crippen LogP contribution < -0.4 is 0 Å². The van der Waals surface area contributed by atoms with Crippen molar-refractivity contribution in [1.82, 2.24) is 14.5 Å². The van der Waals surface area contributed by atoms with E-state index in [2.05, 4.69) is 9.59 Å². The van der Waals surface area contributed by atoms with Crippen molar-refractivity contribution in [2.24, 2.45) is 0 Å². The number of likely N-dealkylation sites (tertiary alicyclic amines) is 1. The van der Waals surface area contributed by atoms with Crippen LogP contribution >= 0.6 is 11.5 Å². The molecule has 3 rings (SSSR count). The summed E-state index contributed by atoms with van der Waals surface area (Å²) in [5.41, 5.74) is 0.402. The first-order valence-corrected chi connectivity index (χ1v) is 10.2. The molecule has 0 saturated carbocycles. The van der Waals surface area contributed by atoms with Gasteiger partial charge in [0.2, 0.25) is 0 Å². The number of amides is 1. The molecule has 0 spiro atoms. The van der Waals surface area contributed by atoms with Crippen molar-refractivity contribution in [2.75, 3.05) is 19.3 Å². The van der Waals surface area contributed by atoms with Crippen LogP contribution in [0.5, 0.6) is 0 Å². The third-order valence-corrected chi connectivity index (χ3v) is 6.65. The molecule has 1 saturated heterocycles. The van der Waals surface area contributed by atoms with Crippen LogP contribution in [0.1, 0.15) is 34.8 Å². The van der Waals surface area contributed by atoms with Gasteiger partial charge in [0.05, 0.1) is 5.69 Å². The molecule has 0 bridgehead atoms.